The Morgan fingerprint density at radius 2 is 2.00 bits per heavy atom. The first kappa shape index (κ1) is 19.7. The molecule has 0 aliphatic heterocycles. The van der Waals surface area contributed by atoms with Gasteiger partial charge in [0.25, 0.3) is 5.91 Å². The van der Waals surface area contributed by atoms with Crippen molar-refractivity contribution in [3.05, 3.63) is 53.7 Å². The fourth-order valence-corrected chi connectivity index (χ4v) is 2.67. The standard InChI is InChI=1S/C20H27N3O3/c1-4-23(18-10-6-5-8-16(18)2)13-12-21-19(24)17-9-7-11-22-20(17)26-15-14-25-3/h5-11H,4,12-15H2,1-3H3,(H,21,24). The largest absolute Gasteiger partial charge is 0.475 e. The minimum atomic E-state index is -0.189. The molecule has 1 amide bonds. The van der Waals surface area contributed by atoms with Crippen LogP contribution in [-0.2, 0) is 4.74 Å². The molecule has 26 heavy (non-hydrogen) atoms. The second-order valence-corrected chi connectivity index (χ2v) is 5.82. The van der Waals surface area contributed by atoms with Crippen molar-refractivity contribution in [1.29, 1.82) is 0 Å². The molecular weight excluding hydrogens is 330 g/mol. The van der Waals surface area contributed by atoms with Crippen LogP contribution in [0, 0.1) is 6.92 Å². The summed E-state index contributed by atoms with van der Waals surface area (Å²) in [6.07, 6.45) is 1.61. The maximum Gasteiger partial charge on any atom is 0.256 e. The van der Waals surface area contributed by atoms with Crippen molar-refractivity contribution in [2.24, 2.45) is 0 Å². The van der Waals surface area contributed by atoms with E-state index < -0.39 is 0 Å². The highest BCUT2D eigenvalue weighted by Gasteiger charge is 2.14. The lowest BCUT2D eigenvalue weighted by Gasteiger charge is -2.25. The molecule has 0 radical (unpaired) electrons. The third kappa shape index (κ3) is 5.46. The summed E-state index contributed by atoms with van der Waals surface area (Å²) in [6, 6.07) is 11.7. The van der Waals surface area contributed by atoms with E-state index in [-0.39, 0.29) is 5.91 Å². The molecule has 0 bridgehead atoms. The number of hydrogen-bond acceptors (Lipinski definition) is 5. The first-order valence-corrected chi connectivity index (χ1v) is 8.83. The van der Waals surface area contributed by atoms with E-state index in [0.717, 1.165) is 13.1 Å². The van der Waals surface area contributed by atoms with Crippen LogP contribution >= 0.6 is 0 Å². The highest BCUT2D eigenvalue weighted by atomic mass is 16.5. The number of aryl methyl sites for hydroxylation is 1. The van der Waals surface area contributed by atoms with Gasteiger partial charge in [0.1, 0.15) is 12.2 Å². The highest BCUT2D eigenvalue weighted by molar-refractivity contribution is 5.96. The molecule has 1 heterocycles. The van der Waals surface area contributed by atoms with Gasteiger partial charge in [0.15, 0.2) is 0 Å². The Kier molecular flexibility index (Phi) is 7.89. The van der Waals surface area contributed by atoms with Gasteiger partial charge < -0.3 is 19.7 Å². The van der Waals surface area contributed by atoms with Crippen LogP contribution in [0.15, 0.2) is 42.6 Å². The predicted molar refractivity (Wildman–Crippen MR) is 103 cm³/mol. The molecule has 0 aliphatic rings. The summed E-state index contributed by atoms with van der Waals surface area (Å²) in [5.41, 5.74) is 2.85. The van der Waals surface area contributed by atoms with Crippen molar-refractivity contribution in [2.75, 3.05) is 44.9 Å². The summed E-state index contributed by atoms with van der Waals surface area (Å²) < 4.78 is 10.5. The number of hydrogen-bond donors (Lipinski definition) is 1. The molecule has 2 rings (SSSR count). The molecule has 2 aromatic rings. The second kappa shape index (κ2) is 10.4. The maximum atomic E-state index is 12.5. The van der Waals surface area contributed by atoms with Crippen molar-refractivity contribution in [1.82, 2.24) is 10.3 Å². The van der Waals surface area contributed by atoms with Crippen LogP contribution in [0.1, 0.15) is 22.8 Å². The Hall–Kier alpha value is -2.60. The summed E-state index contributed by atoms with van der Waals surface area (Å²) in [6.45, 7) is 7.14. The summed E-state index contributed by atoms with van der Waals surface area (Å²) >= 11 is 0. The lowest BCUT2D eigenvalue weighted by molar-refractivity contribution is 0.0945. The molecule has 1 aromatic carbocycles. The molecule has 0 spiro atoms. The molecule has 1 aromatic heterocycles. The summed E-state index contributed by atoms with van der Waals surface area (Å²) in [5.74, 6) is 0.139. The number of nitrogens with one attached hydrogen (secondary N) is 1. The number of amides is 1. The van der Waals surface area contributed by atoms with E-state index in [4.69, 9.17) is 9.47 Å². The van der Waals surface area contributed by atoms with Gasteiger partial charge in [0.05, 0.1) is 6.61 Å². The van der Waals surface area contributed by atoms with E-state index in [1.54, 1.807) is 25.4 Å². The minimum Gasteiger partial charge on any atom is -0.475 e. The van der Waals surface area contributed by atoms with Crippen molar-refractivity contribution in [3.63, 3.8) is 0 Å². The van der Waals surface area contributed by atoms with Crippen LogP contribution < -0.4 is 15.0 Å². The lowest BCUT2D eigenvalue weighted by Crippen LogP contribution is -2.35. The molecule has 0 aliphatic carbocycles. The molecule has 140 valence electrons. The summed E-state index contributed by atoms with van der Waals surface area (Å²) in [4.78, 5) is 18.9. The molecule has 0 atom stereocenters. The SMILES string of the molecule is CCN(CCNC(=O)c1cccnc1OCCOC)c1ccccc1C. The summed E-state index contributed by atoms with van der Waals surface area (Å²) in [5, 5.41) is 2.95. The molecular formula is C20H27N3O3. The van der Waals surface area contributed by atoms with Gasteiger partial charge in [-0.2, -0.15) is 0 Å². The van der Waals surface area contributed by atoms with E-state index in [9.17, 15) is 4.79 Å². The first-order valence-electron chi connectivity index (χ1n) is 8.83. The number of nitrogens with zero attached hydrogens (tertiary/aromatic N) is 2. The summed E-state index contributed by atoms with van der Waals surface area (Å²) in [7, 11) is 1.60. The molecule has 6 heteroatoms. The van der Waals surface area contributed by atoms with Crippen molar-refractivity contribution >= 4 is 11.6 Å². The average molecular weight is 357 g/mol. The Balaban J connectivity index is 1.93. The van der Waals surface area contributed by atoms with E-state index >= 15 is 0 Å². The maximum absolute atomic E-state index is 12.5. The normalized spacial score (nSPS) is 10.4. The van der Waals surface area contributed by atoms with Crippen LogP contribution in [-0.4, -0.2) is 50.8 Å². The molecule has 0 fully saturated rings. The topological polar surface area (TPSA) is 63.7 Å². The van der Waals surface area contributed by atoms with Crippen LogP contribution in [0.3, 0.4) is 0 Å². The second-order valence-electron chi connectivity index (χ2n) is 5.82. The highest BCUT2D eigenvalue weighted by Crippen LogP contribution is 2.18. The van der Waals surface area contributed by atoms with Crippen molar-refractivity contribution < 1.29 is 14.3 Å². The van der Waals surface area contributed by atoms with Crippen LogP contribution in [0.25, 0.3) is 0 Å². The number of aromatic nitrogens is 1. The third-order valence-electron chi connectivity index (χ3n) is 4.05. The average Bonchev–Trinajstić information content (AvgIpc) is 2.66. The van der Waals surface area contributed by atoms with Gasteiger partial charge >= 0.3 is 0 Å². The zero-order valence-electron chi connectivity index (χ0n) is 15.7. The van der Waals surface area contributed by atoms with Gasteiger partial charge in [-0.1, -0.05) is 18.2 Å². The number of carbonyl (C=O) groups excluding carboxylic acids is 1. The number of anilines is 1. The zero-order chi connectivity index (χ0) is 18.8. The van der Waals surface area contributed by atoms with E-state index in [1.165, 1.54) is 11.3 Å². The van der Waals surface area contributed by atoms with Gasteiger partial charge in [-0.25, -0.2) is 4.98 Å². The molecule has 6 nitrogen and oxygen atoms in total. The van der Waals surface area contributed by atoms with Gasteiger partial charge in [-0.15, -0.1) is 0 Å². The van der Waals surface area contributed by atoms with Crippen molar-refractivity contribution in [2.45, 2.75) is 13.8 Å². The number of rotatable bonds is 10. The van der Waals surface area contributed by atoms with Crippen molar-refractivity contribution in [3.8, 4) is 5.88 Å². The number of methoxy groups -OCH3 is 1. The number of carbonyl (C=O) groups is 1. The Labute approximate surface area is 155 Å². The number of benzene rings is 1. The minimum absolute atomic E-state index is 0.189. The molecule has 1 N–H and O–H groups in total. The zero-order valence-corrected chi connectivity index (χ0v) is 15.7. The number of ether oxygens (including phenoxy) is 2. The Morgan fingerprint density at radius 1 is 1.19 bits per heavy atom. The molecule has 0 saturated heterocycles. The number of likely N-dealkylation sites (N-methyl/N-ethyl adjacent to an activating group) is 1. The van der Waals surface area contributed by atoms with E-state index in [2.05, 4.69) is 41.2 Å². The van der Waals surface area contributed by atoms with Gasteiger partial charge in [-0.3, -0.25) is 4.79 Å². The third-order valence-corrected chi connectivity index (χ3v) is 4.05. The lowest BCUT2D eigenvalue weighted by atomic mass is 10.2. The van der Waals surface area contributed by atoms with Gasteiger partial charge in [0.2, 0.25) is 5.88 Å². The monoisotopic (exact) mass is 357 g/mol. The van der Waals surface area contributed by atoms with E-state index in [1.807, 2.05) is 12.1 Å². The van der Waals surface area contributed by atoms with Crippen LogP contribution in [0.4, 0.5) is 5.69 Å². The molecule has 0 unspecified atom stereocenters. The van der Waals surface area contributed by atoms with Gasteiger partial charge in [-0.05, 0) is 37.6 Å². The fourth-order valence-electron chi connectivity index (χ4n) is 2.67. The fraction of sp³-hybridized carbons (Fsp3) is 0.400. The van der Waals surface area contributed by atoms with Crippen LogP contribution in [0.5, 0.6) is 5.88 Å². The van der Waals surface area contributed by atoms with Gasteiger partial charge in [0, 0.05) is 38.6 Å². The first-order chi connectivity index (χ1) is 12.7. The molecule has 0 saturated carbocycles. The van der Waals surface area contributed by atoms with E-state index in [0.29, 0.717) is 31.2 Å². The number of para-hydroxylation sites is 1. The predicted octanol–water partition coefficient (Wildman–Crippen LogP) is 2.67. The quantitative estimate of drug-likeness (QED) is 0.663. The smallest absolute Gasteiger partial charge is 0.256 e. The Morgan fingerprint density at radius 3 is 2.73 bits per heavy atom. The Bertz CT molecular complexity index is 706. The van der Waals surface area contributed by atoms with Crippen LogP contribution in [0.2, 0.25) is 0 Å². The number of pyridine rings is 1.